The number of nitrogens with zero attached hydrogens (tertiary/aromatic N) is 2. The number of nitro groups is 2. The van der Waals surface area contributed by atoms with Crippen molar-refractivity contribution in [1.82, 2.24) is 0 Å². The standard InChI is InChI=1S/C15H15N5O5/c16-15(21)10-5-6-12(14(9-10)20(24)25)18-8-7-17-11-3-1-2-4-13(11)19(22)23/h1-6,9,17-18H,7-8H2,(H2,16,21). The van der Waals surface area contributed by atoms with Crippen molar-refractivity contribution in [3.05, 3.63) is 68.3 Å². The molecule has 10 heteroatoms. The zero-order chi connectivity index (χ0) is 18.4. The Morgan fingerprint density at radius 2 is 1.48 bits per heavy atom. The molecule has 0 aliphatic carbocycles. The van der Waals surface area contributed by atoms with E-state index < -0.39 is 15.8 Å². The molecular weight excluding hydrogens is 330 g/mol. The van der Waals surface area contributed by atoms with E-state index >= 15 is 0 Å². The Labute approximate surface area is 141 Å². The Morgan fingerprint density at radius 3 is 2.04 bits per heavy atom. The van der Waals surface area contributed by atoms with Crippen LogP contribution in [0.15, 0.2) is 42.5 Å². The van der Waals surface area contributed by atoms with Gasteiger partial charge in [-0.05, 0) is 18.2 Å². The molecule has 2 aromatic carbocycles. The van der Waals surface area contributed by atoms with Crippen LogP contribution in [0.25, 0.3) is 0 Å². The van der Waals surface area contributed by atoms with Crippen molar-refractivity contribution in [3.63, 3.8) is 0 Å². The summed E-state index contributed by atoms with van der Waals surface area (Å²) in [6, 6.07) is 10.0. The van der Waals surface area contributed by atoms with E-state index in [-0.39, 0.29) is 29.2 Å². The summed E-state index contributed by atoms with van der Waals surface area (Å²) < 4.78 is 0. The van der Waals surface area contributed by atoms with E-state index in [1.807, 2.05) is 0 Å². The molecule has 0 aromatic heterocycles. The smallest absolute Gasteiger partial charge is 0.293 e. The van der Waals surface area contributed by atoms with Gasteiger partial charge < -0.3 is 16.4 Å². The van der Waals surface area contributed by atoms with Crippen LogP contribution in [0.2, 0.25) is 0 Å². The summed E-state index contributed by atoms with van der Waals surface area (Å²) in [4.78, 5) is 32.0. The Morgan fingerprint density at radius 1 is 0.920 bits per heavy atom. The number of nitrogens with one attached hydrogen (secondary N) is 2. The molecule has 2 rings (SSSR count). The van der Waals surface area contributed by atoms with Gasteiger partial charge in [0.2, 0.25) is 5.91 Å². The molecule has 4 N–H and O–H groups in total. The number of anilines is 2. The van der Waals surface area contributed by atoms with Crippen LogP contribution in [-0.2, 0) is 0 Å². The van der Waals surface area contributed by atoms with E-state index in [0.717, 1.165) is 6.07 Å². The van der Waals surface area contributed by atoms with Gasteiger partial charge in [-0.15, -0.1) is 0 Å². The van der Waals surface area contributed by atoms with Crippen molar-refractivity contribution in [3.8, 4) is 0 Å². The number of nitro benzene ring substituents is 2. The van der Waals surface area contributed by atoms with E-state index in [9.17, 15) is 25.0 Å². The number of hydrogen-bond acceptors (Lipinski definition) is 7. The molecule has 1 amide bonds. The van der Waals surface area contributed by atoms with Crippen LogP contribution in [0.4, 0.5) is 22.7 Å². The van der Waals surface area contributed by atoms with Crippen LogP contribution in [0.3, 0.4) is 0 Å². The number of carbonyl (C=O) groups excluding carboxylic acids is 1. The Hall–Kier alpha value is -3.69. The van der Waals surface area contributed by atoms with Gasteiger partial charge in [-0.1, -0.05) is 12.1 Å². The predicted molar refractivity (Wildman–Crippen MR) is 91.7 cm³/mol. The van der Waals surface area contributed by atoms with Crippen molar-refractivity contribution in [2.24, 2.45) is 5.73 Å². The van der Waals surface area contributed by atoms with E-state index in [0.29, 0.717) is 12.2 Å². The lowest BCUT2D eigenvalue weighted by Gasteiger charge is -2.10. The van der Waals surface area contributed by atoms with Crippen LogP contribution in [0.5, 0.6) is 0 Å². The maximum absolute atomic E-state index is 11.1. The molecular formula is C15H15N5O5. The van der Waals surface area contributed by atoms with Crippen LogP contribution in [0, 0.1) is 20.2 Å². The van der Waals surface area contributed by atoms with Crippen molar-refractivity contribution in [2.45, 2.75) is 0 Å². The Kier molecular flexibility index (Phi) is 5.46. The number of primary amides is 1. The first-order valence-corrected chi connectivity index (χ1v) is 7.19. The molecule has 0 fully saturated rings. The highest BCUT2D eigenvalue weighted by Crippen LogP contribution is 2.26. The number of carbonyl (C=O) groups is 1. The molecule has 0 unspecified atom stereocenters. The van der Waals surface area contributed by atoms with E-state index in [1.165, 1.54) is 18.2 Å². The molecule has 0 saturated carbocycles. The first-order chi connectivity index (χ1) is 11.9. The van der Waals surface area contributed by atoms with Gasteiger partial charge in [0.1, 0.15) is 11.4 Å². The summed E-state index contributed by atoms with van der Waals surface area (Å²) in [6.45, 7) is 0.558. The van der Waals surface area contributed by atoms with Crippen LogP contribution in [0.1, 0.15) is 10.4 Å². The Balaban J connectivity index is 2.02. The second-order valence-electron chi connectivity index (χ2n) is 4.98. The topological polar surface area (TPSA) is 153 Å². The van der Waals surface area contributed by atoms with Crippen LogP contribution < -0.4 is 16.4 Å². The molecule has 0 saturated heterocycles. The fraction of sp³-hybridized carbons (Fsp3) is 0.133. The van der Waals surface area contributed by atoms with Gasteiger partial charge in [-0.2, -0.15) is 0 Å². The summed E-state index contributed by atoms with van der Waals surface area (Å²) in [7, 11) is 0. The molecule has 10 nitrogen and oxygen atoms in total. The summed E-state index contributed by atoms with van der Waals surface area (Å²) >= 11 is 0. The molecule has 0 radical (unpaired) electrons. The molecule has 0 bridgehead atoms. The fourth-order valence-electron chi connectivity index (χ4n) is 2.16. The molecule has 130 valence electrons. The van der Waals surface area contributed by atoms with Gasteiger partial charge in [-0.3, -0.25) is 25.0 Å². The number of rotatable bonds is 8. The minimum Gasteiger partial charge on any atom is -0.378 e. The first-order valence-electron chi connectivity index (χ1n) is 7.19. The van der Waals surface area contributed by atoms with Crippen molar-refractivity contribution < 1.29 is 14.6 Å². The average molecular weight is 345 g/mol. The quantitative estimate of drug-likeness (QED) is 0.376. The lowest BCUT2D eigenvalue weighted by atomic mass is 10.1. The van der Waals surface area contributed by atoms with Gasteiger partial charge >= 0.3 is 0 Å². The van der Waals surface area contributed by atoms with Crippen molar-refractivity contribution in [1.29, 1.82) is 0 Å². The third kappa shape index (κ3) is 4.41. The van der Waals surface area contributed by atoms with E-state index in [1.54, 1.807) is 18.2 Å². The summed E-state index contributed by atoms with van der Waals surface area (Å²) in [5, 5.41) is 27.8. The molecule has 0 aliphatic heterocycles. The minimum atomic E-state index is -0.757. The maximum atomic E-state index is 11.1. The molecule has 0 aliphatic rings. The van der Waals surface area contributed by atoms with Gasteiger partial charge in [0.15, 0.2) is 0 Å². The lowest BCUT2D eigenvalue weighted by molar-refractivity contribution is -0.384. The summed E-state index contributed by atoms with van der Waals surface area (Å²) in [5.74, 6) is -0.757. The largest absolute Gasteiger partial charge is 0.378 e. The second kappa shape index (κ2) is 7.73. The normalized spacial score (nSPS) is 10.1. The zero-order valence-electron chi connectivity index (χ0n) is 13.0. The van der Waals surface area contributed by atoms with Crippen LogP contribution in [-0.4, -0.2) is 28.8 Å². The number of hydrogen-bond donors (Lipinski definition) is 3. The summed E-state index contributed by atoms with van der Waals surface area (Å²) in [5.41, 5.74) is 5.39. The third-order valence-electron chi connectivity index (χ3n) is 3.34. The van der Waals surface area contributed by atoms with E-state index in [4.69, 9.17) is 5.73 Å². The zero-order valence-corrected chi connectivity index (χ0v) is 13.0. The van der Waals surface area contributed by atoms with Gasteiger partial charge in [0.25, 0.3) is 11.4 Å². The molecule has 2 aromatic rings. The first kappa shape index (κ1) is 17.7. The third-order valence-corrected chi connectivity index (χ3v) is 3.34. The minimum absolute atomic E-state index is 0.0373. The highest BCUT2D eigenvalue weighted by molar-refractivity contribution is 5.94. The number of para-hydroxylation sites is 2. The fourth-order valence-corrected chi connectivity index (χ4v) is 2.16. The number of benzene rings is 2. The maximum Gasteiger partial charge on any atom is 0.293 e. The van der Waals surface area contributed by atoms with Gasteiger partial charge in [-0.25, -0.2) is 0 Å². The monoisotopic (exact) mass is 345 g/mol. The molecule has 0 atom stereocenters. The Bertz CT molecular complexity index is 824. The number of amides is 1. The highest BCUT2D eigenvalue weighted by atomic mass is 16.6. The number of nitrogens with two attached hydrogens (primary N) is 1. The second-order valence-corrected chi connectivity index (χ2v) is 4.98. The van der Waals surface area contributed by atoms with Gasteiger partial charge in [0, 0.05) is 30.8 Å². The van der Waals surface area contributed by atoms with Crippen molar-refractivity contribution >= 4 is 28.7 Å². The van der Waals surface area contributed by atoms with Crippen LogP contribution >= 0.6 is 0 Å². The molecule has 0 spiro atoms. The molecule has 25 heavy (non-hydrogen) atoms. The van der Waals surface area contributed by atoms with E-state index in [2.05, 4.69) is 10.6 Å². The molecule has 0 heterocycles. The lowest BCUT2D eigenvalue weighted by Crippen LogP contribution is -2.16. The van der Waals surface area contributed by atoms with Crippen molar-refractivity contribution in [2.75, 3.05) is 23.7 Å². The SMILES string of the molecule is NC(=O)c1ccc(NCCNc2ccccc2[N+](=O)[O-])c([N+](=O)[O-])c1. The average Bonchev–Trinajstić information content (AvgIpc) is 2.58. The summed E-state index contributed by atoms with van der Waals surface area (Å²) in [6.07, 6.45) is 0. The predicted octanol–water partition coefficient (Wildman–Crippen LogP) is 2.13. The highest BCUT2D eigenvalue weighted by Gasteiger charge is 2.16. The van der Waals surface area contributed by atoms with Gasteiger partial charge in [0.05, 0.1) is 9.85 Å².